The molecule has 2 aliphatic heterocycles. The molecule has 1 amide bonds. The van der Waals surface area contributed by atoms with E-state index in [1.54, 1.807) is 12.0 Å². The van der Waals surface area contributed by atoms with Crippen molar-refractivity contribution in [3.05, 3.63) is 58.1 Å². The first-order chi connectivity index (χ1) is 17.2. The van der Waals surface area contributed by atoms with Gasteiger partial charge in [-0.25, -0.2) is 4.79 Å². The Labute approximate surface area is 218 Å². The molecule has 1 atom stereocenters. The summed E-state index contributed by atoms with van der Waals surface area (Å²) >= 11 is 3.54. The number of halogens is 4. The van der Waals surface area contributed by atoms with E-state index in [0.29, 0.717) is 32.8 Å². The number of ether oxygens (including phenoxy) is 2. The molecule has 0 bridgehead atoms. The van der Waals surface area contributed by atoms with Crippen LogP contribution in [-0.2, 0) is 17.5 Å². The Balaban J connectivity index is 1.26. The highest BCUT2D eigenvalue weighted by molar-refractivity contribution is 9.10. The van der Waals surface area contributed by atoms with Crippen LogP contribution in [0.15, 0.2) is 46.9 Å². The van der Waals surface area contributed by atoms with Crippen molar-refractivity contribution in [2.75, 3.05) is 51.3 Å². The van der Waals surface area contributed by atoms with Gasteiger partial charge in [0.05, 0.1) is 17.1 Å². The summed E-state index contributed by atoms with van der Waals surface area (Å²) in [5.41, 5.74) is 1.23. The summed E-state index contributed by atoms with van der Waals surface area (Å²) in [6.45, 7) is 4.09. The van der Waals surface area contributed by atoms with Gasteiger partial charge in [-0.1, -0.05) is 12.5 Å². The summed E-state index contributed by atoms with van der Waals surface area (Å²) in [4.78, 5) is 18.8. The summed E-state index contributed by atoms with van der Waals surface area (Å²) < 4.78 is 50.4. The molecular formula is C26H31BrF3N3O3. The smallest absolute Gasteiger partial charge is 0.416 e. The Morgan fingerprint density at radius 3 is 2.39 bits per heavy atom. The van der Waals surface area contributed by atoms with E-state index in [0.717, 1.165) is 60.4 Å². The molecule has 0 N–H and O–H groups in total. The molecule has 0 spiro atoms. The zero-order valence-corrected chi connectivity index (χ0v) is 21.9. The van der Waals surface area contributed by atoms with E-state index in [-0.39, 0.29) is 12.1 Å². The summed E-state index contributed by atoms with van der Waals surface area (Å²) in [6, 6.07) is 11.4. The molecule has 2 aliphatic rings. The molecule has 2 saturated heterocycles. The summed E-state index contributed by atoms with van der Waals surface area (Å²) in [7, 11) is 1.64. The second kappa shape index (κ2) is 11.7. The Hall–Kier alpha value is -2.46. The first-order valence-electron chi connectivity index (χ1n) is 12.1. The number of nitrogens with zero attached hydrogens (tertiary/aromatic N) is 3. The van der Waals surface area contributed by atoms with Gasteiger partial charge < -0.3 is 19.3 Å². The van der Waals surface area contributed by atoms with E-state index >= 15 is 0 Å². The van der Waals surface area contributed by atoms with Crippen molar-refractivity contribution in [3.8, 4) is 5.75 Å². The third-order valence-corrected chi connectivity index (χ3v) is 7.47. The van der Waals surface area contributed by atoms with Crippen LogP contribution in [-0.4, -0.2) is 68.4 Å². The van der Waals surface area contributed by atoms with Gasteiger partial charge in [0.1, 0.15) is 12.4 Å². The number of rotatable bonds is 6. The maximum atomic E-state index is 12.8. The normalized spacial score (nSPS) is 19.3. The molecule has 10 heteroatoms. The maximum Gasteiger partial charge on any atom is 0.416 e. The molecule has 0 saturated carbocycles. The van der Waals surface area contributed by atoms with Crippen LogP contribution in [0.2, 0.25) is 0 Å². The number of benzene rings is 2. The molecule has 6 nitrogen and oxygen atoms in total. The minimum atomic E-state index is -4.35. The van der Waals surface area contributed by atoms with E-state index in [9.17, 15) is 18.0 Å². The first kappa shape index (κ1) is 26.6. The number of hydrogen-bond acceptors (Lipinski definition) is 5. The molecule has 0 aromatic heterocycles. The highest BCUT2D eigenvalue weighted by atomic mass is 79.9. The quantitative estimate of drug-likeness (QED) is 0.440. The predicted molar refractivity (Wildman–Crippen MR) is 135 cm³/mol. The Kier molecular flexibility index (Phi) is 8.66. The lowest BCUT2D eigenvalue weighted by Crippen LogP contribution is -2.50. The van der Waals surface area contributed by atoms with Crippen molar-refractivity contribution in [2.45, 2.75) is 38.0 Å². The van der Waals surface area contributed by atoms with Crippen molar-refractivity contribution in [1.29, 1.82) is 0 Å². The molecule has 2 heterocycles. The number of methoxy groups -OCH3 is 1. The van der Waals surface area contributed by atoms with E-state index in [2.05, 4.69) is 33.0 Å². The van der Waals surface area contributed by atoms with Gasteiger partial charge >= 0.3 is 12.3 Å². The number of likely N-dealkylation sites (tertiary alicyclic amines) is 1. The van der Waals surface area contributed by atoms with Crippen molar-refractivity contribution >= 4 is 27.7 Å². The molecule has 0 radical (unpaired) electrons. The SMILES string of the molecule is COc1ccc(CN2CCCCC2COC(=O)N2CCN(c3ccc(C(F)(F)F)cc3)CC2)cc1Br. The highest BCUT2D eigenvalue weighted by Gasteiger charge is 2.31. The van der Waals surface area contributed by atoms with Crippen molar-refractivity contribution in [2.24, 2.45) is 0 Å². The minimum Gasteiger partial charge on any atom is -0.496 e. The molecule has 2 fully saturated rings. The van der Waals surface area contributed by atoms with E-state index in [1.165, 1.54) is 17.7 Å². The highest BCUT2D eigenvalue weighted by Crippen LogP contribution is 2.31. The van der Waals surface area contributed by atoms with E-state index in [1.807, 2.05) is 11.0 Å². The lowest BCUT2D eigenvalue weighted by Gasteiger charge is -2.37. The molecule has 4 rings (SSSR count). The number of carbonyl (C=O) groups excluding carboxylic acids is 1. The predicted octanol–water partition coefficient (Wildman–Crippen LogP) is 5.79. The number of carbonyl (C=O) groups is 1. The topological polar surface area (TPSA) is 45.3 Å². The van der Waals surface area contributed by atoms with Gasteiger partial charge in [-0.2, -0.15) is 13.2 Å². The Morgan fingerprint density at radius 1 is 1.03 bits per heavy atom. The van der Waals surface area contributed by atoms with Gasteiger partial charge in [-0.15, -0.1) is 0 Å². The molecular weight excluding hydrogens is 539 g/mol. The number of hydrogen-bond donors (Lipinski definition) is 0. The van der Waals surface area contributed by atoms with Crippen LogP contribution in [0.1, 0.15) is 30.4 Å². The first-order valence-corrected chi connectivity index (χ1v) is 12.9. The molecule has 0 aliphatic carbocycles. The summed E-state index contributed by atoms with van der Waals surface area (Å²) in [5, 5.41) is 0. The average molecular weight is 570 g/mol. The van der Waals surface area contributed by atoms with Crippen molar-refractivity contribution in [1.82, 2.24) is 9.80 Å². The fourth-order valence-electron chi connectivity index (χ4n) is 4.77. The standard InChI is InChI=1S/C26H31BrF3N3O3/c1-35-24-10-5-19(16-23(24)27)17-33-11-3-2-4-22(33)18-36-25(34)32-14-12-31(13-15-32)21-8-6-20(7-9-21)26(28,29)30/h5-10,16,22H,2-4,11-15,17-18H2,1H3. The monoisotopic (exact) mass is 569 g/mol. The van der Waals surface area contributed by atoms with Crippen LogP contribution in [0, 0.1) is 0 Å². The van der Waals surface area contributed by atoms with Gasteiger partial charge in [-0.05, 0) is 77.3 Å². The third kappa shape index (κ3) is 6.64. The van der Waals surface area contributed by atoms with Crippen molar-refractivity contribution in [3.63, 3.8) is 0 Å². The van der Waals surface area contributed by atoms with Crippen LogP contribution < -0.4 is 9.64 Å². The summed E-state index contributed by atoms with van der Waals surface area (Å²) in [5.74, 6) is 0.793. The van der Waals surface area contributed by atoms with Gasteiger partial charge in [0.2, 0.25) is 0 Å². The Bertz CT molecular complexity index is 1030. The van der Waals surface area contributed by atoms with Crippen LogP contribution in [0.3, 0.4) is 0 Å². The summed E-state index contributed by atoms with van der Waals surface area (Å²) in [6.07, 6.45) is -1.48. The van der Waals surface area contributed by atoms with Crippen LogP contribution >= 0.6 is 15.9 Å². The fraction of sp³-hybridized carbons (Fsp3) is 0.500. The van der Waals surface area contributed by atoms with Gasteiger partial charge in [-0.3, -0.25) is 4.90 Å². The Morgan fingerprint density at radius 2 is 1.75 bits per heavy atom. The molecule has 196 valence electrons. The largest absolute Gasteiger partial charge is 0.496 e. The second-order valence-electron chi connectivity index (χ2n) is 9.18. The van der Waals surface area contributed by atoms with Crippen LogP contribution in [0.5, 0.6) is 5.75 Å². The van der Waals surface area contributed by atoms with Gasteiger partial charge in [0.25, 0.3) is 0 Å². The van der Waals surface area contributed by atoms with Crippen LogP contribution in [0.25, 0.3) is 0 Å². The second-order valence-corrected chi connectivity index (χ2v) is 10.0. The zero-order valence-electron chi connectivity index (χ0n) is 20.3. The third-order valence-electron chi connectivity index (χ3n) is 6.85. The fourth-order valence-corrected chi connectivity index (χ4v) is 5.35. The van der Waals surface area contributed by atoms with E-state index < -0.39 is 11.7 Å². The van der Waals surface area contributed by atoms with Gasteiger partial charge in [0, 0.05) is 44.5 Å². The number of piperidine rings is 1. The molecule has 2 aromatic carbocycles. The number of alkyl halides is 3. The molecule has 1 unspecified atom stereocenters. The number of anilines is 1. The molecule has 36 heavy (non-hydrogen) atoms. The maximum absolute atomic E-state index is 12.8. The minimum absolute atomic E-state index is 0.164. The van der Waals surface area contributed by atoms with E-state index in [4.69, 9.17) is 9.47 Å². The van der Waals surface area contributed by atoms with Crippen LogP contribution in [0.4, 0.5) is 23.7 Å². The zero-order chi connectivity index (χ0) is 25.7. The lowest BCUT2D eigenvalue weighted by molar-refractivity contribution is -0.137. The van der Waals surface area contributed by atoms with Gasteiger partial charge in [0.15, 0.2) is 0 Å². The number of piperazine rings is 1. The lowest BCUT2D eigenvalue weighted by atomic mass is 10.0. The number of amides is 1. The molecule has 2 aromatic rings. The van der Waals surface area contributed by atoms with Crippen molar-refractivity contribution < 1.29 is 27.4 Å². The average Bonchev–Trinajstić information content (AvgIpc) is 2.88.